The highest BCUT2D eigenvalue weighted by atomic mass is 35.5. The number of carbonyl (C=O) groups is 2. The van der Waals surface area contributed by atoms with Crippen LogP contribution in [0.25, 0.3) is 5.76 Å². The molecule has 0 saturated carbocycles. The van der Waals surface area contributed by atoms with Gasteiger partial charge >= 0.3 is 5.91 Å². The van der Waals surface area contributed by atoms with Crippen LogP contribution in [-0.2, 0) is 15.3 Å². The molecule has 1 N–H and O–H groups in total. The van der Waals surface area contributed by atoms with Crippen molar-refractivity contribution >= 4 is 57.3 Å². The topological polar surface area (TPSA) is 83.4 Å². The molecule has 1 amide bonds. The van der Waals surface area contributed by atoms with Gasteiger partial charge in [-0.25, -0.2) is 0 Å². The molecule has 0 bridgehead atoms. The molecule has 6 nitrogen and oxygen atoms in total. The first-order chi connectivity index (χ1) is 19.1. The molecule has 3 aromatic carbocycles. The zero-order valence-electron chi connectivity index (χ0n) is 22.5. The second-order valence-electron chi connectivity index (χ2n) is 10.1. The number of Topliss-reactive ketones (excluding diaryl/α,β-unsaturated/α-hetero) is 1. The van der Waals surface area contributed by atoms with Gasteiger partial charge in [-0.3, -0.25) is 14.5 Å². The first kappa shape index (κ1) is 28.1. The molecule has 1 unspecified atom stereocenters. The minimum absolute atomic E-state index is 0.0431. The predicted molar refractivity (Wildman–Crippen MR) is 162 cm³/mol. The number of nitrogens with zero attached hydrogens (tertiary/aromatic N) is 3. The third-order valence-corrected chi connectivity index (χ3v) is 9.27. The zero-order chi connectivity index (χ0) is 28.6. The number of hydrogen-bond acceptors (Lipinski definition) is 7. The van der Waals surface area contributed by atoms with Gasteiger partial charge in [0.15, 0.2) is 4.34 Å². The summed E-state index contributed by atoms with van der Waals surface area (Å²) in [6.45, 7) is 7.99. The van der Waals surface area contributed by atoms with Gasteiger partial charge in [0.1, 0.15) is 5.76 Å². The lowest BCUT2D eigenvalue weighted by atomic mass is 9.92. The van der Waals surface area contributed by atoms with Gasteiger partial charge in [-0.05, 0) is 60.2 Å². The fourth-order valence-electron chi connectivity index (χ4n) is 4.63. The number of anilines is 1. The van der Waals surface area contributed by atoms with E-state index in [0.29, 0.717) is 37.3 Å². The standard InChI is InChI=1S/C31H28ClN3O3S2/c1-17(2)21-9-11-22(12-10-21)26-25(27(36)24-15-18(3)5-6-19(24)4)28(37)29(38)35(26)30-33-34-31(40-30)39-16-20-7-13-23(32)14-8-20/h5-15,17,26,36H,16H2,1-4H3/b27-25+. The van der Waals surface area contributed by atoms with Crippen LogP contribution in [-0.4, -0.2) is 27.0 Å². The Morgan fingerprint density at radius 3 is 2.40 bits per heavy atom. The van der Waals surface area contributed by atoms with Crippen LogP contribution in [0.3, 0.4) is 0 Å². The minimum atomic E-state index is -0.844. The highest BCUT2D eigenvalue weighted by molar-refractivity contribution is 8.00. The molecule has 40 heavy (non-hydrogen) atoms. The van der Waals surface area contributed by atoms with E-state index in [-0.39, 0.29) is 11.3 Å². The fourth-order valence-corrected chi connectivity index (χ4v) is 6.58. The Balaban J connectivity index is 1.56. The van der Waals surface area contributed by atoms with Crippen LogP contribution in [0, 0.1) is 13.8 Å². The number of aromatic nitrogens is 2. The zero-order valence-corrected chi connectivity index (χ0v) is 24.9. The molecule has 1 aliphatic rings. The van der Waals surface area contributed by atoms with Gasteiger partial charge in [0.25, 0.3) is 5.78 Å². The monoisotopic (exact) mass is 589 g/mol. The molecule has 1 aliphatic heterocycles. The van der Waals surface area contributed by atoms with Crippen molar-refractivity contribution in [1.82, 2.24) is 10.2 Å². The normalized spacial score (nSPS) is 16.8. The van der Waals surface area contributed by atoms with Crippen molar-refractivity contribution in [3.8, 4) is 0 Å². The SMILES string of the molecule is Cc1ccc(C)c(/C(O)=C2\C(=O)C(=O)N(c3nnc(SCc4ccc(Cl)cc4)s3)C2c2ccc(C(C)C)cc2)c1. The Kier molecular flexibility index (Phi) is 8.12. The summed E-state index contributed by atoms with van der Waals surface area (Å²) in [7, 11) is 0. The molecule has 2 heterocycles. The first-order valence-electron chi connectivity index (χ1n) is 12.8. The molecule has 4 aromatic rings. The third-order valence-electron chi connectivity index (χ3n) is 6.89. The van der Waals surface area contributed by atoms with Crippen molar-refractivity contribution in [2.24, 2.45) is 0 Å². The van der Waals surface area contributed by atoms with Gasteiger partial charge in [0, 0.05) is 16.3 Å². The van der Waals surface area contributed by atoms with Crippen LogP contribution in [0.5, 0.6) is 0 Å². The number of ketones is 1. The smallest absolute Gasteiger partial charge is 0.301 e. The lowest BCUT2D eigenvalue weighted by Crippen LogP contribution is -2.29. The van der Waals surface area contributed by atoms with Gasteiger partial charge in [-0.2, -0.15) is 0 Å². The van der Waals surface area contributed by atoms with Gasteiger partial charge in [0.2, 0.25) is 5.13 Å². The molecule has 0 aliphatic carbocycles. The number of amides is 1. The van der Waals surface area contributed by atoms with E-state index in [9.17, 15) is 14.7 Å². The van der Waals surface area contributed by atoms with Crippen LogP contribution in [0.1, 0.15) is 59.2 Å². The van der Waals surface area contributed by atoms with Crippen molar-refractivity contribution in [2.75, 3.05) is 4.90 Å². The Bertz CT molecular complexity index is 1610. The number of aliphatic hydroxyl groups excluding tert-OH is 1. The van der Waals surface area contributed by atoms with Crippen LogP contribution >= 0.6 is 34.7 Å². The van der Waals surface area contributed by atoms with E-state index < -0.39 is 17.7 Å². The Morgan fingerprint density at radius 2 is 1.73 bits per heavy atom. The summed E-state index contributed by atoms with van der Waals surface area (Å²) in [5.74, 6) is -0.713. The van der Waals surface area contributed by atoms with Gasteiger partial charge < -0.3 is 5.11 Å². The van der Waals surface area contributed by atoms with Crippen molar-refractivity contribution in [3.05, 3.63) is 111 Å². The molecule has 9 heteroatoms. The van der Waals surface area contributed by atoms with E-state index in [1.54, 1.807) is 0 Å². The molecular weight excluding hydrogens is 562 g/mol. The molecule has 204 valence electrons. The second-order valence-corrected chi connectivity index (χ2v) is 12.7. The summed E-state index contributed by atoms with van der Waals surface area (Å²) in [4.78, 5) is 28.4. The van der Waals surface area contributed by atoms with Crippen molar-refractivity contribution in [1.29, 1.82) is 0 Å². The summed E-state index contributed by atoms with van der Waals surface area (Å²) < 4.78 is 0.662. The molecule has 1 aromatic heterocycles. The maximum Gasteiger partial charge on any atom is 0.301 e. The maximum atomic E-state index is 13.5. The third kappa shape index (κ3) is 5.57. The van der Waals surface area contributed by atoms with Crippen LogP contribution < -0.4 is 4.90 Å². The number of thioether (sulfide) groups is 1. The molecule has 0 radical (unpaired) electrons. The number of benzene rings is 3. The van der Waals surface area contributed by atoms with Gasteiger partial charge in [0.05, 0.1) is 11.6 Å². The minimum Gasteiger partial charge on any atom is -0.507 e. The van der Waals surface area contributed by atoms with E-state index >= 15 is 0 Å². The summed E-state index contributed by atoms with van der Waals surface area (Å²) in [5.41, 5.74) is 5.23. The van der Waals surface area contributed by atoms with Crippen molar-refractivity contribution in [3.63, 3.8) is 0 Å². The maximum absolute atomic E-state index is 13.5. The quantitative estimate of drug-likeness (QED) is 0.0777. The van der Waals surface area contributed by atoms with E-state index in [1.165, 1.54) is 28.0 Å². The van der Waals surface area contributed by atoms with Gasteiger partial charge in [-0.15, -0.1) is 10.2 Å². The molecular formula is C31H28ClN3O3S2. The van der Waals surface area contributed by atoms with E-state index in [0.717, 1.165) is 22.3 Å². The number of hydrogen-bond donors (Lipinski definition) is 1. The van der Waals surface area contributed by atoms with E-state index in [2.05, 4.69) is 24.0 Å². The van der Waals surface area contributed by atoms with E-state index in [1.807, 2.05) is 80.6 Å². The predicted octanol–water partition coefficient (Wildman–Crippen LogP) is 7.85. The Morgan fingerprint density at radius 1 is 1.02 bits per heavy atom. The fraction of sp³-hybridized carbons (Fsp3) is 0.226. The van der Waals surface area contributed by atoms with Crippen LogP contribution in [0.2, 0.25) is 5.02 Å². The average molecular weight is 590 g/mol. The second kappa shape index (κ2) is 11.6. The first-order valence-corrected chi connectivity index (χ1v) is 15.0. The van der Waals surface area contributed by atoms with Crippen LogP contribution in [0.4, 0.5) is 5.13 Å². The molecule has 0 spiro atoms. The van der Waals surface area contributed by atoms with Crippen LogP contribution in [0.15, 0.2) is 76.6 Å². The van der Waals surface area contributed by atoms with E-state index in [4.69, 9.17) is 11.6 Å². The number of carbonyl (C=O) groups excluding carboxylic acids is 2. The van der Waals surface area contributed by atoms with Gasteiger partial charge in [-0.1, -0.05) is 103 Å². The molecule has 1 fully saturated rings. The summed E-state index contributed by atoms with van der Waals surface area (Å²) in [6, 6.07) is 20.2. The Hall–Kier alpha value is -3.46. The molecule has 1 atom stereocenters. The summed E-state index contributed by atoms with van der Waals surface area (Å²) in [5, 5.41) is 21.1. The molecule has 1 saturated heterocycles. The number of aliphatic hydroxyl groups is 1. The Labute approximate surface area is 246 Å². The summed E-state index contributed by atoms with van der Waals surface area (Å²) >= 11 is 8.73. The highest BCUT2D eigenvalue weighted by Gasteiger charge is 2.48. The molecule has 5 rings (SSSR count). The number of aryl methyl sites for hydroxylation is 2. The average Bonchev–Trinajstić information content (AvgIpc) is 3.51. The lowest BCUT2D eigenvalue weighted by molar-refractivity contribution is -0.132. The number of halogens is 1. The van der Waals surface area contributed by atoms with Crippen molar-refractivity contribution < 1.29 is 14.7 Å². The number of rotatable bonds is 7. The largest absolute Gasteiger partial charge is 0.507 e. The summed E-state index contributed by atoms with van der Waals surface area (Å²) in [6.07, 6.45) is 0. The van der Waals surface area contributed by atoms with Crippen molar-refractivity contribution in [2.45, 2.75) is 49.7 Å². The lowest BCUT2D eigenvalue weighted by Gasteiger charge is -2.23. The highest BCUT2D eigenvalue weighted by Crippen LogP contribution is 2.44.